The van der Waals surface area contributed by atoms with Gasteiger partial charge in [0, 0.05) is 19.0 Å². The van der Waals surface area contributed by atoms with Crippen molar-refractivity contribution in [3.63, 3.8) is 0 Å². The normalized spacial score (nSPS) is 10.4. The number of alkyl halides is 1. The molecular weight excluding hydrogens is 210 g/mol. The molecule has 0 unspecified atom stereocenters. The number of halogens is 1. The molecule has 0 fully saturated rings. The molecule has 0 aliphatic rings. The Labute approximate surface area is 96.6 Å². The first-order valence-corrected chi connectivity index (χ1v) is 5.64. The topological polar surface area (TPSA) is 21.3 Å². The minimum atomic E-state index is 0.647. The molecule has 0 spiro atoms. The molecule has 2 nitrogen and oxygen atoms in total. The number of benzene rings is 1. The van der Waals surface area contributed by atoms with Gasteiger partial charge in [-0.15, -0.1) is 11.6 Å². The number of hydrogen-bond acceptors (Lipinski definition) is 2. The summed E-state index contributed by atoms with van der Waals surface area (Å²) in [6, 6.07) is 4.11. The summed E-state index contributed by atoms with van der Waals surface area (Å²) >= 11 is 5.60. The molecule has 0 heterocycles. The van der Waals surface area contributed by atoms with Gasteiger partial charge in [0.25, 0.3) is 0 Å². The lowest BCUT2D eigenvalue weighted by molar-refractivity contribution is 0.411. The van der Waals surface area contributed by atoms with Crippen molar-refractivity contribution in [2.24, 2.45) is 0 Å². The van der Waals surface area contributed by atoms with Crippen molar-refractivity contribution in [2.75, 3.05) is 19.5 Å². The van der Waals surface area contributed by atoms with Crippen molar-refractivity contribution in [3.8, 4) is 5.75 Å². The molecule has 1 aromatic carbocycles. The second-order valence-electron chi connectivity index (χ2n) is 3.54. The van der Waals surface area contributed by atoms with Gasteiger partial charge in [0.2, 0.25) is 0 Å². The number of methoxy groups -OCH3 is 1. The Kier molecular flexibility index (Phi) is 4.92. The summed E-state index contributed by atoms with van der Waals surface area (Å²) in [7, 11) is 1.70. The highest BCUT2D eigenvalue weighted by molar-refractivity contribution is 6.18. The Balaban J connectivity index is 2.77. The molecule has 1 aromatic rings. The van der Waals surface area contributed by atoms with Crippen LogP contribution in [0.5, 0.6) is 5.75 Å². The molecule has 0 radical (unpaired) electrons. The number of nitrogens with one attached hydrogen (secondary N) is 1. The van der Waals surface area contributed by atoms with Crippen molar-refractivity contribution in [3.05, 3.63) is 28.8 Å². The number of rotatable bonds is 5. The summed E-state index contributed by atoms with van der Waals surface area (Å²) in [5, 5.41) is 3.28. The van der Waals surface area contributed by atoms with Gasteiger partial charge >= 0.3 is 0 Å². The Morgan fingerprint density at radius 1 is 1.27 bits per heavy atom. The molecule has 0 aromatic heterocycles. The highest BCUT2D eigenvalue weighted by atomic mass is 35.5. The van der Waals surface area contributed by atoms with E-state index in [1.807, 2.05) is 6.07 Å². The first-order valence-electron chi connectivity index (χ1n) is 5.10. The molecule has 3 heteroatoms. The Morgan fingerprint density at radius 2 is 2.00 bits per heavy atom. The third-order valence-electron chi connectivity index (χ3n) is 2.66. The molecule has 0 bridgehead atoms. The average molecular weight is 228 g/mol. The van der Waals surface area contributed by atoms with Crippen molar-refractivity contribution >= 4 is 11.6 Å². The van der Waals surface area contributed by atoms with Gasteiger partial charge in [0.15, 0.2) is 0 Å². The number of hydrogen-bond donors (Lipinski definition) is 1. The van der Waals surface area contributed by atoms with E-state index >= 15 is 0 Å². The highest BCUT2D eigenvalue weighted by Crippen LogP contribution is 2.23. The quantitative estimate of drug-likeness (QED) is 0.617. The summed E-state index contributed by atoms with van der Waals surface area (Å²) in [4.78, 5) is 0. The van der Waals surface area contributed by atoms with E-state index < -0.39 is 0 Å². The van der Waals surface area contributed by atoms with Crippen LogP contribution in [0, 0.1) is 13.8 Å². The largest absolute Gasteiger partial charge is 0.496 e. The maximum absolute atomic E-state index is 5.60. The fraction of sp³-hybridized carbons (Fsp3) is 0.500. The van der Waals surface area contributed by atoms with Gasteiger partial charge in [-0.25, -0.2) is 0 Å². The zero-order valence-corrected chi connectivity index (χ0v) is 10.3. The van der Waals surface area contributed by atoms with Crippen molar-refractivity contribution < 1.29 is 4.74 Å². The van der Waals surface area contributed by atoms with Crippen molar-refractivity contribution in [2.45, 2.75) is 20.4 Å². The summed E-state index contributed by atoms with van der Waals surface area (Å²) in [5.41, 5.74) is 3.80. The lowest BCUT2D eigenvalue weighted by atomic mass is 10.0. The molecule has 0 saturated carbocycles. The van der Waals surface area contributed by atoms with Crippen molar-refractivity contribution in [1.29, 1.82) is 0 Å². The Hall–Kier alpha value is -0.730. The van der Waals surface area contributed by atoms with Crippen LogP contribution < -0.4 is 10.1 Å². The summed E-state index contributed by atoms with van der Waals surface area (Å²) in [6.45, 7) is 5.91. The van der Waals surface area contributed by atoms with E-state index in [0.717, 1.165) is 18.8 Å². The zero-order chi connectivity index (χ0) is 11.3. The zero-order valence-electron chi connectivity index (χ0n) is 9.56. The predicted molar refractivity (Wildman–Crippen MR) is 64.9 cm³/mol. The van der Waals surface area contributed by atoms with Crippen LogP contribution in [0.15, 0.2) is 12.1 Å². The van der Waals surface area contributed by atoms with E-state index in [4.69, 9.17) is 16.3 Å². The monoisotopic (exact) mass is 227 g/mol. The SMILES string of the molecule is COc1ccc(CNCCCl)c(C)c1C. The minimum absolute atomic E-state index is 0.647. The van der Waals surface area contributed by atoms with Crippen LogP contribution in [0.2, 0.25) is 0 Å². The molecule has 0 aliphatic carbocycles. The summed E-state index contributed by atoms with van der Waals surface area (Å²) in [5.74, 6) is 1.60. The lowest BCUT2D eigenvalue weighted by Gasteiger charge is -2.12. The Morgan fingerprint density at radius 3 is 2.60 bits per heavy atom. The highest BCUT2D eigenvalue weighted by Gasteiger charge is 2.05. The second-order valence-corrected chi connectivity index (χ2v) is 3.92. The van der Waals surface area contributed by atoms with Crippen molar-refractivity contribution in [1.82, 2.24) is 5.32 Å². The molecular formula is C12H18ClNO. The second kappa shape index (κ2) is 5.99. The maximum Gasteiger partial charge on any atom is 0.122 e. The molecule has 15 heavy (non-hydrogen) atoms. The first-order chi connectivity index (χ1) is 7.20. The smallest absolute Gasteiger partial charge is 0.122 e. The molecule has 0 atom stereocenters. The fourth-order valence-electron chi connectivity index (χ4n) is 1.55. The molecule has 1 N–H and O–H groups in total. The van der Waals surface area contributed by atoms with E-state index in [1.165, 1.54) is 16.7 Å². The van der Waals surface area contributed by atoms with Gasteiger partial charge in [-0.05, 0) is 36.6 Å². The van der Waals surface area contributed by atoms with E-state index in [2.05, 4.69) is 25.2 Å². The standard InChI is InChI=1S/C12H18ClNO/c1-9-10(2)12(15-3)5-4-11(9)8-14-7-6-13/h4-5,14H,6-8H2,1-3H3. The third kappa shape index (κ3) is 3.11. The van der Waals surface area contributed by atoms with Crippen LogP contribution >= 0.6 is 11.6 Å². The lowest BCUT2D eigenvalue weighted by Crippen LogP contribution is -2.16. The van der Waals surface area contributed by atoms with Crippen LogP contribution in [0.4, 0.5) is 0 Å². The Bertz CT molecular complexity index is 326. The van der Waals surface area contributed by atoms with Gasteiger partial charge in [0.05, 0.1) is 7.11 Å². The maximum atomic E-state index is 5.60. The van der Waals surface area contributed by atoms with Gasteiger partial charge in [-0.1, -0.05) is 6.07 Å². The van der Waals surface area contributed by atoms with Crippen LogP contribution in [-0.4, -0.2) is 19.5 Å². The first kappa shape index (κ1) is 12.3. The average Bonchev–Trinajstić information content (AvgIpc) is 2.25. The molecule has 0 aliphatic heterocycles. The molecule has 0 amide bonds. The van der Waals surface area contributed by atoms with Gasteiger partial charge in [0.1, 0.15) is 5.75 Å². The predicted octanol–water partition coefficient (Wildman–Crippen LogP) is 2.64. The van der Waals surface area contributed by atoms with Gasteiger partial charge in [-0.3, -0.25) is 0 Å². The number of ether oxygens (including phenoxy) is 1. The van der Waals surface area contributed by atoms with Crippen LogP contribution in [0.25, 0.3) is 0 Å². The summed E-state index contributed by atoms with van der Waals surface area (Å²) < 4.78 is 5.26. The fourth-order valence-corrected chi connectivity index (χ4v) is 1.69. The minimum Gasteiger partial charge on any atom is -0.496 e. The van der Waals surface area contributed by atoms with Gasteiger partial charge in [-0.2, -0.15) is 0 Å². The van der Waals surface area contributed by atoms with E-state index in [9.17, 15) is 0 Å². The van der Waals surface area contributed by atoms with Crippen LogP contribution in [0.3, 0.4) is 0 Å². The van der Waals surface area contributed by atoms with E-state index in [0.29, 0.717) is 5.88 Å². The molecule has 0 saturated heterocycles. The van der Waals surface area contributed by atoms with Gasteiger partial charge < -0.3 is 10.1 Å². The summed E-state index contributed by atoms with van der Waals surface area (Å²) in [6.07, 6.45) is 0. The third-order valence-corrected chi connectivity index (χ3v) is 2.85. The van der Waals surface area contributed by atoms with Crippen LogP contribution in [0.1, 0.15) is 16.7 Å². The molecule has 84 valence electrons. The van der Waals surface area contributed by atoms with Crippen LogP contribution in [-0.2, 0) is 6.54 Å². The molecule has 1 rings (SSSR count). The van der Waals surface area contributed by atoms with E-state index in [-0.39, 0.29) is 0 Å². The van der Waals surface area contributed by atoms with E-state index in [1.54, 1.807) is 7.11 Å².